The second-order valence-electron chi connectivity index (χ2n) is 6.75. The van der Waals surface area contributed by atoms with Gasteiger partial charge in [-0.05, 0) is 52.8 Å². The smallest absolute Gasteiger partial charge is 0.399 e. The highest BCUT2D eigenvalue weighted by atomic mass is 16.7. The van der Waals surface area contributed by atoms with Crippen LogP contribution in [0.1, 0.15) is 33.4 Å². The van der Waals surface area contributed by atoms with Crippen LogP contribution in [0.3, 0.4) is 0 Å². The van der Waals surface area contributed by atoms with E-state index in [9.17, 15) is 0 Å². The first-order valence-corrected chi connectivity index (χ1v) is 7.53. The molecule has 3 rings (SSSR count). The molecular weight excluding hydrogens is 275 g/mol. The maximum atomic E-state index is 6.04. The molecule has 2 aromatic heterocycles. The molecule has 2 aromatic rings. The molecule has 0 amide bonds. The number of hydrogen-bond donors (Lipinski definition) is 0. The van der Waals surface area contributed by atoms with E-state index < -0.39 is 0 Å². The van der Waals surface area contributed by atoms with Crippen molar-refractivity contribution in [1.82, 2.24) is 9.97 Å². The molecule has 0 bridgehead atoms. The van der Waals surface area contributed by atoms with E-state index in [1.54, 1.807) is 0 Å². The molecule has 0 N–H and O–H groups in total. The lowest BCUT2D eigenvalue weighted by Gasteiger charge is -2.32. The van der Waals surface area contributed by atoms with Crippen LogP contribution in [0.5, 0.6) is 0 Å². The molecule has 1 saturated heterocycles. The molecule has 0 saturated carbocycles. The Morgan fingerprint density at radius 2 is 1.55 bits per heavy atom. The van der Waals surface area contributed by atoms with Gasteiger partial charge in [0.2, 0.25) is 0 Å². The second-order valence-corrected chi connectivity index (χ2v) is 6.75. The zero-order chi connectivity index (χ0) is 16.0. The molecule has 0 unspecified atom stereocenters. The Hall–Kier alpha value is -1.72. The van der Waals surface area contributed by atoms with Crippen molar-refractivity contribution < 1.29 is 9.31 Å². The molecule has 0 atom stereocenters. The third kappa shape index (κ3) is 2.66. The first-order valence-electron chi connectivity index (χ1n) is 7.53. The summed E-state index contributed by atoms with van der Waals surface area (Å²) in [5.74, 6) is 0. The number of pyridine rings is 2. The van der Waals surface area contributed by atoms with Gasteiger partial charge in [-0.1, -0.05) is 6.07 Å². The van der Waals surface area contributed by atoms with Crippen molar-refractivity contribution >= 4 is 12.6 Å². The number of hydrogen-bond acceptors (Lipinski definition) is 4. The van der Waals surface area contributed by atoms with Crippen LogP contribution in [-0.2, 0) is 9.31 Å². The van der Waals surface area contributed by atoms with Crippen molar-refractivity contribution in [3.63, 3.8) is 0 Å². The first kappa shape index (κ1) is 15.2. The van der Waals surface area contributed by atoms with Crippen molar-refractivity contribution in [3.05, 3.63) is 42.4 Å². The van der Waals surface area contributed by atoms with Crippen LogP contribution >= 0.6 is 0 Å². The van der Waals surface area contributed by atoms with Crippen LogP contribution in [0.15, 0.2) is 36.7 Å². The summed E-state index contributed by atoms with van der Waals surface area (Å²) in [5, 5.41) is 0. The minimum atomic E-state index is -0.373. The minimum Gasteiger partial charge on any atom is -0.399 e. The fourth-order valence-electron chi connectivity index (χ4n) is 2.31. The fourth-order valence-corrected chi connectivity index (χ4v) is 2.31. The molecule has 0 radical (unpaired) electrons. The van der Waals surface area contributed by atoms with Crippen molar-refractivity contribution in [2.45, 2.75) is 45.8 Å². The lowest BCUT2D eigenvalue weighted by Crippen LogP contribution is -2.41. The molecule has 3 heterocycles. The van der Waals surface area contributed by atoms with Gasteiger partial charge in [-0.3, -0.25) is 9.97 Å². The van der Waals surface area contributed by atoms with Gasteiger partial charge in [0.05, 0.1) is 16.9 Å². The van der Waals surface area contributed by atoms with E-state index in [0.29, 0.717) is 0 Å². The predicted molar refractivity (Wildman–Crippen MR) is 87.9 cm³/mol. The lowest BCUT2D eigenvalue weighted by molar-refractivity contribution is 0.00578. The van der Waals surface area contributed by atoms with Gasteiger partial charge in [-0.15, -0.1) is 0 Å². The van der Waals surface area contributed by atoms with Crippen LogP contribution in [0.4, 0.5) is 0 Å². The third-order valence-corrected chi connectivity index (χ3v) is 4.52. The normalized spacial score (nSPS) is 19.4. The van der Waals surface area contributed by atoms with Crippen LogP contribution in [0, 0.1) is 6.92 Å². The molecule has 114 valence electrons. The van der Waals surface area contributed by atoms with Gasteiger partial charge in [0.25, 0.3) is 0 Å². The minimum absolute atomic E-state index is 0.336. The molecule has 1 aliphatic rings. The highest BCUT2D eigenvalue weighted by molar-refractivity contribution is 6.62. The van der Waals surface area contributed by atoms with Crippen molar-refractivity contribution in [1.29, 1.82) is 0 Å². The molecule has 0 aliphatic carbocycles. The molecule has 5 heteroatoms. The van der Waals surface area contributed by atoms with Gasteiger partial charge < -0.3 is 9.31 Å². The van der Waals surface area contributed by atoms with Crippen LogP contribution < -0.4 is 5.46 Å². The van der Waals surface area contributed by atoms with Gasteiger partial charge in [-0.2, -0.15) is 0 Å². The second kappa shape index (κ2) is 5.18. The highest BCUT2D eigenvalue weighted by Crippen LogP contribution is 2.36. The van der Waals surface area contributed by atoms with Crippen LogP contribution in [-0.4, -0.2) is 28.3 Å². The Morgan fingerprint density at radius 3 is 2.05 bits per heavy atom. The summed E-state index contributed by atoms with van der Waals surface area (Å²) in [7, 11) is -0.373. The average molecular weight is 296 g/mol. The van der Waals surface area contributed by atoms with Gasteiger partial charge in [0, 0.05) is 29.1 Å². The quantitative estimate of drug-likeness (QED) is 0.799. The fraction of sp³-hybridized carbons (Fsp3) is 0.412. The summed E-state index contributed by atoms with van der Waals surface area (Å²) < 4.78 is 12.1. The van der Waals surface area contributed by atoms with Crippen molar-refractivity contribution in [2.75, 3.05) is 0 Å². The van der Waals surface area contributed by atoms with Crippen molar-refractivity contribution in [2.24, 2.45) is 0 Å². The zero-order valence-corrected chi connectivity index (χ0v) is 13.8. The number of nitrogens with zero attached hydrogens (tertiary/aromatic N) is 2. The van der Waals surface area contributed by atoms with Gasteiger partial charge in [0.15, 0.2) is 0 Å². The van der Waals surface area contributed by atoms with Crippen molar-refractivity contribution in [3.8, 4) is 11.3 Å². The molecule has 1 aliphatic heterocycles. The summed E-state index contributed by atoms with van der Waals surface area (Å²) in [4.78, 5) is 8.82. The van der Waals surface area contributed by atoms with Crippen LogP contribution in [0.25, 0.3) is 11.3 Å². The molecule has 0 spiro atoms. The zero-order valence-electron chi connectivity index (χ0n) is 13.8. The number of aromatic nitrogens is 2. The average Bonchev–Trinajstić information content (AvgIpc) is 2.68. The lowest BCUT2D eigenvalue weighted by atomic mass is 9.80. The van der Waals surface area contributed by atoms with E-state index in [-0.39, 0.29) is 18.3 Å². The summed E-state index contributed by atoms with van der Waals surface area (Å²) in [5.41, 5.74) is 3.16. The molecular formula is C17H21BN2O2. The van der Waals surface area contributed by atoms with E-state index in [1.165, 1.54) is 0 Å². The molecule has 0 aromatic carbocycles. The van der Waals surface area contributed by atoms with E-state index in [1.807, 2.05) is 71.3 Å². The van der Waals surface area contributed by atoms with E-state index in [2.05, 4.69) is 9.97 Å². The maximum absolute atomic E-state index is 6.04. The number of aryl methyl sites for hydroxylation is 1. The monoisotopic (exact) mass is 296 g/mol. The van der Waals surface area contributed by atoms with Crippen LogP contribution in [0.2, 0.25) is 0 Å². The first-order chi connectivity index (χ1) is 10.3. The summed E-state index contributed by atoms with van der Waals surface area (Å²) in [6.45, 7) is 10.2. The Bertz CT molecular complexity index is 650. The summed E-state index contributed by atoms with van der Waals surface area (Å²) in [6.07, 6.45) is 3.66. The van der Waals surface area contributed by atoms with Gasteiger partial charge in [0.1, 0.15) is 0 Å². The highest BCUT2D eigenvalue weighted by Gasteiger charge is 2.51. The molecule has 1 fully saturated rings. The summed E-state index contributed by atoms with van der Waals surface area (Å²) in [6, 6.07) is 8.00. The SMILES string of the molecule is Cc1ccc(-c2ccc(B3OC(C)(C)C(C)(C)O3)cn2)cn1. The van der Waals surface area contributed by atoms with Gasteiger partial charge in [-0.25, -0.2) is 0 Å². The Labute approximate surface area is 132 Å². The van der Waals surface area contributed by atoms with E-state index in [0.717, 1.165) is 22.4 Å². The summed E-state index contributed by atoms with van der Waals surface area (Å²) >= 11 is 0. The van der Waals surface area contributed by atoms with E-state index >= 15 is 0 Å². The van der Waals surface area contributed by atoms with Gasteiger partial charge >= 0.3 is 7.12 Å². The standard InChI is InChI=1S/C17H21BN2O2/c1-12-6-7-13(10-19-12)15-9-8-14(11-20-15)18-21-16(2,3)17(4,5)22-18/h6-11H,1-5H3. The Balaban J connectivity index is 1.82. The largest absolute Gasteiger partial charge is 0.496 e. The third-order valence-electron chi connectivity index (χ3n) is 4.52. The number of rotatable bonds is 2. The maximum Gasteiger partial charge on any atom is 0.496 e. The Kier molecular flexibility index (Phi) is 3.58. The van der Waals surface area contributed by atoms with E-state index in [4.69, 9.17) is 9.31 Å². The molecule has 22 heavy (non-hydrogen) atoms. The molecule has 4 nitrogen and oxygen atoms in total. The topological polar surface area (TPSA) is 44.2 Å². The predicted octanol–water partition coefficient (Wildman–Crippen LogP) is 2.75. The Morgan fingerprint density at radius 1 is 0.864 bits per heavy atom.